The maximum absolute atomic E-state index is 14.1. The summed E-state index contributed by atoms with van der Waals surface area (Å²) in [6.45, 7) is 22.4. The van der Waals surface area contributed by atoms with Crippen LogP contribution in [0.15, 0.2) is 100 Å². The molecule has 0 aliphatic carbocycles. The van der Waals surface area contributed by atoms with Gasteiger partial charge >= 0.3 is 0 Å². The number of carbonyl (C=O) groups excluding carboxylic acids is 1. The van der Waals surface area contributed by atoms with Crippen molar-refractivity contribution in [2.24, 2.45) is 15.4 Å². The van der Waals surface area contributed by atoms with Crippen molar-refractivity contribution in [2.45, 2.75) is 96.0 Å². The lowest BCUT2D eigenvalue weighted by atomic mass is 9.76. The smallest absolute Gasteiger partial charge is 0.265 e. The van der Waals surface area contributed by atoms with Crippen LogP contribution in [0.3, 0.4) is 0 Å². The van der Waals surface area contributed by atoms with E-state index in [2.05, 4.69) is 68.0 Å². The molecule has 0 aliphatic rings. The highest BCUT2D eigenvalue weighted by Crippen LogP contribution is 2.44. The monoisotopic (exact) mass is 804 g/mol. The van der Waals surface area contributed by atoms with Crippen LogP contribution < -0.4 is 15.2 Å². The van der Waals surface area contributed by atoms with Gasteiger partial charge in [-0.3, -0.25) is 14.9 Å². The third-order valence-electron chi connectivity index (χ3n) is 10.8. The van der Waals surface area contributed by atoms with Gasteiger partial charge in [0, 0.05) is 28.5 Å². The first-order valence-electron chi connectivity index (χ1n) is 18.9. The summed E-state index contributed by atoms with van der Waals surface area (Å²) in [5.74, 6) is -0.176. The van der Waals surface area contributed by atoms with Gasteiger partial charge < -0.3 is 15.2 Å². The number of phenolic OH excluding ortho intramolecular Hbond substituents is 1. The number of nitrogens with zero attached hydrogens (tertiary/aromatic N) is 4. The number of hydrogen-bond acceptors (Lipinski definition) is 9. The number of phenols is 1. The molecule has 0 spiro atoms. The SMILES string of the molecule is [C-]#[N+]c1cc([N+](=O)[O-])ccc1N=Nc1cc(NC(=O)C(CC)Oc2ccc(C(C)(C)CC)cc2C(C)(C)CC)c(O)c2cccc(Cc3cccc(S(N)(=O)=O)c3)c12. The molecule has 0 heterocycles. The molecule has 5 rings (SSSR count). The van der Waals surface area contributed by atoms with E-state index in [1.54, 1.807) is 30.3 Å². The van der Waals surface area contributed by atoms with Gasteiger partial charge in [-0.25, -0.2) is 18.4 Å². The van der Waals surface area contributed by atoms with Crippen molar-refractivity contribution in [3.8, 4) is 11.5 Å². The van der Waals surface area contributed by atoms with E-state index in [1.165, 1.54) is 35.9 Å². The van der Waals surface area contributed by atoms with E-state index >= 15 is 0 Å². The Morgan fingerprint density at radius 2 is 1.64 bits per heavy atom. The average Bonchev–Trinajstić information content (AvgIpc) is 3.20. The van der Waals surface area contributed by atoms with Crippen molar-refractivity contribution in [2.75, 3.05) is 5.32 Å². The highest BCUT2D eigenvalue weighted by Gasteiger charge is 2.29. The van der Waals surface area contributed by atoms with Crippen molar-refractivity contribution in [1.82, 2.24) is 0 Å². The number of sulfonamides is 1. The number of azo groups is 1. The number of nitrogens with two attached hydrogens (primary N) is 1. The number of amides is 1. The van der Waals surface area contributed by atoms with Gasteiger partial charge in [-0.2, -0.15) is 10.2 Å². The molecule has 14 heteroatoms. The largest absolute Gasteiger partial charge is 0.505 e. The number of nitrogens with one attached hydrogen (secondary N) is 1. The van der Waals surface area contributed by atoms with Crippen molar-refractivity contribution < 1.29 is 28.0 Å². The Kier molecular flexibility index (Phi) is 12.7. The van der Waals surface area contributed by atoms with E-state index < -0.39 is 27.0 Å². The third-order valence-corrected chi connectivity index (χ3v) is 11.7. The van der Waals surface area contributed by atoms with Gasteiger partial charge in [0.2, 0.25) is 15.7 Å². The van der Waals surface area contributed by atoms with Crippen molar-refractivity contribution >= 4 is 55.1 Å². The molecule has 4 N–H and O–H groups in total. The van der Waals surface area contributed by atoms with Crippen molar-refractivity contribution in [3.63, 3.8) is 0 Å². The first kappa shape index (κ1) is 43.0. The molecule has 13 nitrogen and oxygen atoms in total. The Morgan fingerprint density at radius 3 is 2.28 bits per heavy atom. The zero-order valence-electron chi connectivity index (χ0n) is 33.7. The highest BCUT2D eigenvalue weighted by atomic mass is 32.2. The number of benzene rings is 5. The normalized spacial score (nSPS) is 12.7. The number of hydrogen-bond donors (Lipinski definition) is 3. The molecular formula is C44H48N6O7S. The molecule has 0 saturated carbocycles. The topological polar surface area (TPSA) is 191 Å². The van der Waals surface area contributed by atoms with Crippen LogP contribution in [0, 0.1) is 16.7 Å². The molecule has 1 unspecified atom stereocenters. The molecule has 302 valence electrons. The quantitative estimate of drug-likeness (QED) is 0.0308. The Bertz CT molecular complexity index is 2580. The van der Waals surface area contributed by atoms with Crippen LogP contribution in [-0.4, -0.2) is 30.5 Å². The van der Waals surface area contributed by atoms with Crippen molar-refractivity contribution in [3.05, 3.63) is 129 Å². The summed E-state index contributed by atoms with van der Waals surface area (Å²) in [6.07, 6.45) is 1.33. The van der Waals surface area contributed by atoms with E-state index in [-0.39, 0.29) is 56.3 Å². The first-order valence-corrected chi connectivity index (χ1v) is 20.5. The van der Waals surface area contributed by atoms with E-state index in [0.717, 1.165) is 24.5 Å². The fourth-order valence-corrected chi connectivity index (χ4v) is 7.05. The standard InChI is InChI=1S/C44H48N6O7S/c1-9-38(57-39-21-18-29(43(4,5)10-2)24-33(39)44(6,7)11-3)42(52)47-37-26-36(49-48-34-20-19-30(50(53)54)25-35(34)46-8)40-28(15-13-17-32(40)41(37)51)22-27-14-12-16-31(23-27)58(45,55)56/h12-21,23-26,38,51H,9-11,22H2,1-7H3,(H,47,52)(H2,45,55,56). The summed E-state index contributed by atoms with van der Waals surface area (Å²) in [7, 11) is -3.99. The number of ether oxygens (including phenoxy) is 1. The number of anilines is 1. The second-order valence-corrected chi connectivity index (χ2v) is 17.0. The van der Waals surface area contributed by atoms with Crippen LogP contribution in [-0.2, 0) is 32.1 Å². The number of fused-ring (bicyclic) bond motifs is 1. The van der Waals surface area contributed by atoms with Crippen LogP contribution in [0.1, 0.15) is 90.0 Å². The van der Waals surface area contributed by atoms with Crippen molar-refractivity contribution in [1.29, 1.82) is 0 Å². The second kappa shape index (κ2) is 17.1. The number of rotatable bonds is 15. The summed E-state index contributed by atoms with van der Waals surface area (Å²) in [6, 6.07) is 22.5. The number of nitro groups is 1. The highest BCUT2D eigenvalue weighted by molar-refractivity contribution is 7.89. The molecule has 0 fully saturated rings. The number of non-ortho nitro benzene ring substituents is 1. The van der Waals surface area contributed by atoms with E-state index in [0.29, 0.717) is 34.1 Å². The Hall–Kier alpha value is -6.17. The van der Waals surface area contributed by atoms with Gasteiger partial charge in [-0.15, -0.1) is 0 Å². The summed E-state index contributed by atoms with van der Waals surface area (Å²) >= 11 is 0. The molecule has 5 aromatic rings. The van der Waals surface area contributed by atoms with Crippen LogP contribution in [0.2, 0.25) is 0 Å². The molecule has 5 aromatic carbocycles. The minimum atomic E-state index is -3.99. The predicted octanol–water partition coefficient (Wildman–Crippen LogP) is 10.8. The fraction of sp³-hybridized carbons (Fsp3) is 0.318. The third kappa shape index (κ3) is 9.33. The fourth-order valence-electron chi connectivity index (χ4n) is 6.47. The van der Waals surface area contributed by atoms with Crippen LogP contribution >= 0.6 is 0 Å². The molecule has 0 saturated heterocycles. The van der Waals surface area contributed by atoms with Crippen LogP contribution in [0.4, 0.5) is 28.4 Å². The predicted molar refractivity (Wildman–Crippen MR) is 226 cm³/mol. The summed E-state index contributed by atoms with van der Waals surface area (Å²) in [5, 5.41) is 40.9. The summed E-state index contributed by atoms with van der Waals surface area (Å²) in [4.78, 5) is 28.2. The van der Waals surface area contributed by atoms with Crippen LogP contribution in [0.5, 0.6) is 11.5 Å². The number of aromatic hydroxyl groups is 1. The lowest BCUT2D eigenvalue weighted by Gasteiger charge is -2.31. The van der Waals surface area contributed by atoms with E-state index in [4.69, 9.17) is 16.4 Å². The first-order chi connectivity index (χ1) is 27.3. The van der Waals surface area contributed by atoms with E-state index in [9.17, 15) is 28.4 Å². The van der Waals surface area contributed by atoms with Gasteiger partial charge in [-0.05, 0) is 83.5 Å². The minimum Gasteiger partial charge on any atom is -0.505 e. The molecule has 0 radical (unpaired) electrons. The average molecular weight is 805 g/mol. The summed E-state index contributed by atoms with van der Waals surface area (Å²) < 4.78 is 30.7. The number of carbonyl (C=O) groups is 1. The molecule has 0 aromatic heterocycles. The zero-order valence-corrected chi connectivity index (χ0v) is 34.5. The lowest BCUT2D eigenvalue weighted by molar-refractivity contribution is -0.384. The summed E-state index contributed by atoms with van der Waals surface area (Å²) in [5.41, 5.74) is 2.94. The molecule has 0 bridgehead atoms. The van der Waals surface area contributed by atoms with Gasteiger partial charge in [0.15, 0.2) is 6.10 Å². The molecule has 1 atom stereocenters. The van der Waals surface area contributed by atoms with E-state index in [1.807, 2.05) is 19.1 Å². The second-order valence-electron chi connectivity index (χ2n) is 15.4. The molecule has 58 heavy (non-hydrogen) atoms. The van der Waals surface area contributed by atoms with Crippen LogP contribution in [0.25, 0.3) is 15.6 Å². The molecule has 0 aliphatic heterocycles. The zero-order chi connectivity index (χ0) is 42.6. The molecule has 1 amide bonds. The lowest BCUT2D eigenvalue weighted by Crippen LogP contribution is -2.33. The van der Waals surface area contributed by atoms with Gasteiger partial charge in [0.05, 0.1) is 33.5 Å². The Labute approximate surface area is 339 Å². The Morgan fingerprint density at radius 1 is 0.948 bits per heavy atom. The number of primary sulfonamides is 1. The van der Waals surface area contributed by atoms with Gasteiger partial charge in [0.25, 0.3) is 11.6 Å². The van der Waals surface area contributed by atoms with Gasteiger partial charge in [-0.1, -0.05) is 90.9 Å². The Balaban J connectivity index is 1.60. The van der Waals surface area contributed by atoms with Gasteiger partial charge in [0.1, 0.15) is 11.5 Å². The molecular weight excluding hydrogens is 757 g/mol. The number of nitro benzene ring substituents is 1. The minimum absolute atomic E-state index is 0.0186. The maximum atomic E-state index is 14.1. The maximum Gasteiger partial charge on any atom is 0.265 e.